The highest BCUT2D eigenvalue weighted by atomic mass is 35.5. The van der Waals surface area contributed by atoms with E-state index in [0.29, 0.717) is 29.0 Å². The molecule has 0 aliphatic heterocycles. The second kappa shape index (κ2) is 8.06. The Morgan fingerprint density at radius 3 is 2.50 bits per heavy atom. The van der Waals surface area contributed by atoms with Crippen LogP contribution in [0.4, 0.5) is 17.3 Å². The fourth-order valence-corrected chi connectivity index (χ4v) is 2.87. The number of nitrogens with one attached hydrogen (secondary N) is 2. The van der Waals surface area contributed by atoms with Crippen LogP contribution in [0.2, 0.25) is 5.02 Å². The van der Waals surface area contributed by atoms with Crippen molar-refractivity contribution >= 4 is 28.9 Å². The van der Waals surface area contributed by atoms with Crippen LogP contribution in [-0.4, -0.2) is 17.1 Å². The van der Waals surface area contributed by atoms with Gasteiger partial charge in [-0.05, 0) is 43.2 Å². The average Bonchev–Trinajstić information content (AvgIpc) is 2.61. The second-order valence-corrected chi connectivity index (χ2v) is 6.35. The van der Waals surface area contributed by atoms with E-state index >= 15 is 0 Å². The van der Waals surface area contributed by atoms with E-state index in [9.17, 15) is 0 Å². The molecule has 2 N–H and O–H groups in total. The lowest BCUT2D eigenvalue weighted by molar-refractivity contribution is 0.415. The number of nitrogens with zero attached hydrogens (tertiary/aromatic N) is 2. The largest absolute Gasteiger partial charge is 0.495 e. The van der Waals surface area contributed by atoms with Crippen molar-refractivity contribution in [2.75, 3.05) is 17.7 Å². The molecule has 3 rings (SSSR count). The van der Waals surface area contributed by atoms with Crippen LogP contribution in [0.3, 0.4) is 0 Å². The summed E-state index contributed by atoms with van der Waals surface area (Å²) in [6.45, 7) is 4.67. The number of hydrogen-bond donors (Lipinski definition) is 2. The van der Waals surface area contributed by atoms with Gasteiger partial charge in [-0.15, -0.1) is 0 Å². The Morgan fingerprint density at radius 1 is 1.00 bits per heavy atom. The van der Waals surface area contributed by atoms with Gasteiger partial charge in [-0.25, -0.2) is 9.97 Å². The first-order valence-corrected chi connectivity index (χ1v) is 8.67. The van der Waals surface area contributed by atoms with Crippen molar-refractivity contribution < 1.29 is 4.74 Å². The highest BCUT2D eigenvalue weighted by Crippen LogP contribution is 2.28. The summed E-state index contributed by atoms with van der Waals surface area (Å²) in [7, 11) is 1.59. The van der Waals surface area contributed by atoms with E-state index in [0.717, 1.165) is 11.5 Å². The molecule has 3 aromatic rings. The zero-order valence-corrected chi connectivity index (χ0v) is 15.8. The fourth-order valence-electron chi connectivity index (χ4n) is 2.61. The van der Waals surface area contributed by atoms with Gasteiger partial charge in [-0.3, -0.25) is 0 Å². The SMILES string of the molecule is COc1ccc(Nc2cc(NCc3ccccc3C)nc(C)n2)cc1Cl. The van der Waals surface area contributed by atoms with Crippen molar-refractivity contribution in [1.82, 2.24) is 9.97 Å². The van der Waals surface area contributed by atoms with Gasteiger partial charge in [0.15, 0.2) is 0 Å². The number of rotatable bonds is 6. The molecule has 0 atom stereocenters. The monoisotopic (exact) mass is 368 g/mol. The minimum absolute atomic E-state index is 0.543. The number of ether oxygens (including phenoxy) is 1. The summed E-state index contributed by atoms with van der Waals surface area (Å²) in [4.78, 5) is 8.89. The van der Waals surface area contributed by atoms with Crippen LogP contribution in [0.5, 0.6) is 5.75 Å². The third-order valence-electron chi connectivity index (χ3n) is 3.98. The maximum absolute atomic E-state index is 6.18. The summed E-state index contributed by atoms with van der Waals surface area (Å²) in [5.74, 6) is 2.78. The smallest absolute Gasteiger partial charge is 0.137 e. The van der Waals surface area contributed by atoms with Crippen LogP contribution in [0.1, 0.15) is 17.0 Å². The normalized spacial score (nSPS) is 10.5. The number of halogens is 1. The van der Waals surface area contributed by atoms with E-state index in [1.165, 1.54) is 11.1 Å². The van der Waals surface area contributed by atoms with Gasteiger partial charge in [-0.1, -0.05) is 35.9 Å². The van der Waals surface area contributed by atoms with Crippen molar-refractivity contribution in [3.8, 4) is 5.75 Å². The van der Waals surface area contributed by atoms with Crippen molar-refractivity contribution in [3.63, 3.8) is 0 Å². The Labute approximate surface area is 158 Å². The van der Waals surface area contributed by atoms with Gasteiger partial charge >= 0.3 is 0 Å². The molecule has 26 heavy (non-hydrogen) atoms. The van der Waals surface area contributed by atoms with E-state index in [4.69, 9.17) is 16.3 Å². The van der Waals surface area contributed by atoms with Gasteiger partial charge in [0.1, 0.15) is 23.2 Å². The van der Waals surface area contributed by atoms with Crippen molar-refractivity contribution in [2.45, 2.75) is 20.4 Å². The minimum Gasteiger partial charge on any atom is -0.495 e. The number of hydrogen-bond acceptors (Lipinski definition) is 5. The highest BCUT2D eigenvalue weighted by Gasteiger charge is 2.06. The Morgan fingerprint density at radius 2 is 1.77 bits per heavy atom. The molecule has 6 heteroatoms. The van der Waals surface area contributed by atoms with Gasteiger partial charge in [0.05, 0.1) is 12.1 Å². The van der Waals surface area contributed by atoms with Gasteiger partial charge in [0, 0.05) is 18.3 Å². The predicted octanol–water partition coefficient (Wildman–Crippen LogP) is 5.11. The third-order valence-corrected chi connectivity index (χ3v) is 4.28. The van der Waals surface area contributed by atoms with E-state index < -0.39 is 0 Å². The van der Waals surface area contributed by atoms with E-state index in [1.807, 2.05) is 37.3 Å². The molecule has 0 aliphatic carbocycles. The minimum atomic E-state index is 0.543. The molecule has 0 bridgehead atoms. The lowest BCUT2D eigenvalue weighted by Gasteiger charge is -2.12. The molecule has 1 heterocycles. The maximum Gasteiger partial charge on any atom is 0.137 e. The van der Waals surface area contributed by atoms with E-state index in [1.54, 1.807) is 13.2 Å². The number of benzene rings is 2. The quantitative estimate of drug-likeness (QED) is 0.633. The maximum atomic E-state index is 6.18. The zero-order chi connectivity index (χ0) is 18.5. The molecule has 0 spiro atoms. The number of anilines is 3. The molecule has 0 saturated heterocycles. The molecule has 5 nitrogen and oxygen atoms in total. The lowest BCUT2D eigenvalue weighted by Crippen LogP contribution is -2.06. The fraction of sp³-hybridized carbons (Fsp3) is 0.200. The second-order valence-electron chi connectivity index (χ2n) is 5.94. The highest BCUT2D eigenvalue weighted by molar-refractivity contribution is 6.32. The third kappa shape index (κ3) is 4.43. The summed E-state index contributed by atoms with van der Waals surface area (Å²) in [6, 6.07) is 15.7. The van der Waals surface area contributed by atoms with Crippen LogP contribution in [-0.2, 0) is 6.54 Å². The Kier molecular flexibility index (Phi) is 5.58. The van der Waals surface area contributed by atoms with Crippen LogP contribution in [0.25, 0.3) is 0 Å². The summed E-state index contributed by atoms with van der Waals surface area (Å²) < 4.78 is 5.18. The van der Waals surface area contributed by atoms with Crippen LogP contribution < -0.4 is 15.4 Å². The first-order chi connectivity index (χ1) is 12.5. The molecule has 0 unspecified atom stereocenters. The first kappa shape index (κ1) is 18.0. The molecule has 0 fully saturated rings. The lowest BCUT2D eigenvalue weighted by atomic mass is 10.1. The van der Waals surface area contributed by atoms with Gasteiger partial charge in [0.25, 0.3) is 0 Å². The molecule has 0 amide bonds. The molecular weight excluding hydrogens is 348 g/mol. The molecular formula is C20H21ClN4O. The van der Waals surface area contributed by atoms with Crippen LogP contribution in [0.15, 0.2) is 48.5 Å². The topological polar surface area (TPSA) is 59.1 Å². The molecule has 134 valence electrons. The van der Waals surface area contributed by atoms with Gasteiger partial charge in [0.2, 0.25) is 0 Å². The van der Waals surface area contributed by atoms with Crippen molar-refractivity contribution in [2.24, 2.45) is 0 Å². The zero-order valence-electron chi connectivity index (χ0n) is 15.0. The van der Waals surface area contributed by atoms with Crippen LogP contribution >= 0.6 is 11.6 Å². The molecule has 2 aromatic carbocycles. The van der Waals surface area contributed by atoms with E-state index in [-0.39, 0.29) is 0 Å². The molecule has 1 aromatic heterocycles. The summed E-state index contributed by atoms with van der Waals surface area (Å²) in [5, 5.41) is 7.16. The Bertz CT molecular complexity index is 914. The van der Waals surface area contributed by atoms with Crippen LogP contribution in [0, 0.1) is 13.8 Å². The number of aryl methyl sites for hydroxylation is 2. The molecule has 0 aliphatic rings. The number of aromatic nitrogens is 2. The van der Waals surface area contributed by atoms with Crippen molar-refractivity contribution in [1.29, 1.82) is 0 Å². The predicted molar refractivity (Wildman–Crippen MR) is 107 cm³/mol. The molecule has 0 saturated carbocycles. The summed E-state index contributed by atoms with van der Waals surface area (Å²) >= 11 is 6.18. The summed E-state index contributed by atoms with van der Waals surface area (Å²) in [6.07, 6.45) is 0. The standard InChI is InChI=1S/C20H21ClN4O/c1-13-6-4-5-7-15(13)12-22-19-11-20(24-14(2)23-19)25-16-8-9-18(26-3)17(21)10-16/h4-11H,12H2,1-3H3,(H2,22,23,24,25). The van der Waals surface area contributed by atoms with Gasteiger partial charge in [-0.2, -0.15) is 0 Å². The van der Waals surface area contributed by atoms with Crippen molar-refractivity contribution in [3.05, 3.63) is 70.5 Å². The van der Waals surface area contributed by atoms with Gasteiger partial charge < -0.3 is 15.4 Å². The van der Waals surface area contributed by atoms with E-state index in [2.05, 4.69) is 39.7 Å². The first-order valence-electron chi connectivity index (χ1n) is 8.30. The Hall–Kier alpha value is -2.79. The average molecular weight is 369 g/mol. The molecule has 0 radical (unpaired) electrons. The summed E-state index contributed by atoms with van der Waals surface area (Å²) in [5.41, 5.74) is 3.32. The Balaban J connectivity index is 1.75. The number of methoxy groups -OCH3 is 1.